The van der Waals surface area contributed by atoms with Crippen molar-refractivity contribution in [3.8, 4) is 5.75 Å². The van der Waals surface area contributed by atoms with E-state index in [9.17, 15) is 14.7 Å². The fraction of sp³-hybridized carbons (Fsp3) is 0.286. The number of carboxylic acids is 1. The standard InChI is InChI=1S/C14H18N2O4/c1-8(2)13(14(19)20)16-12(18)6-3-9-7-10(15)4-5-11(9)17/h3-8,13,17H,15H2,1-2H3,(H,16,18)(H,19,20)/b6-3+. The zero-order valence-electron chi connectivity index (χ0n) is 11.3. The number of phenolic OH excluding ortho intramolecular Hbond substituents is 1. The first-order chi connectivity index (χ1) is 9.31. The Bertz CT molecular complexity index is 538. The van der Waals surface area contributed by atoms with Crippen molar-refractivity contribution in [3.05, 3.63) is 29.8 Å². The lowest BCUT2D eigenvalue weighted by Crippen LogP contribution is -2.43. The maximum Gasteiger partial charge on any atom is 0.326 e. The number of nitrogens with two attached hydrogens (primary N) is 1. The maximum absolute atomic E-state index is 11.7. The number of benzene rings is 1. The predicted octanol–water partition coefficient (Wildman–Crippen LogP) is 1.21. The van der Waals surface area contributed by atoms with Crippen LogP contribution in [0.4, 0.5) is 5.69 Å². The van der Waals surface area contributed by atoms with Crippen molar-refractivity contribution in [2.24, 2.45) is 5.92 Å². The molecule has 1 aromatic rings. The Labute approximate surface area is 116 Å². The third-order valence-corrected chi connectivity index (χ3v) is 2.70. The molecule has 1 atom stereocenters. The molecule has 1 amide bonds. The van der Waals surface area contributed by atoms with E-state index in [4.69, 9.17) is 10.8 Å². The molecule has 0 heterocycles. The molecule has 1 rings (SSSR count). The smallest absolute Gasteiger partial charge is 0.326 e. The zero-order valence-corrected chi connectivity index (χ0v) is 11.3. The van der Waals surface area contributed by atoms with Crippen molar-refractivity contribution in [3.63, 3.8) is 0 Å². The van der Waals surface area contributed by atoms with Gasteiger partial charge in [-0.25, -0.2) is 4.79 Å². The minimum atomic E-state index is -1.09. The van der Waals surface area contributed by atoms with Crippen molar-refractivity contribution in [1.29, 1.82) is 0 Å². The van der Waals surface area contributed by atoms with Gasteiger partial charge in [-0.3, -0.25) is 4.79 Å². The second kappa shape index (κ2) is 6.60. The number of rotatable bonds is 5. The van der Waals surface area contributed by atoms with Crippen molar-refractivity contribution in [1.82, 2.24) is 5.32 Å². The second-order valence-electron chi connectivity index (χ2n) is 4.72. The highest BCUT2D eigenvalue weighted by Crippen LogP contribution is 2.20. The molecule has 0 aromatic heterocycles. The van der Waals surface area contributed by atoms with Crippen LogP contribution in [0.3, 0.4) is 0 Å². The Hall–Kier alpha value is -2.50. The van der Waals surface area contributed by atoms with Gasteiger partial charge >= 0.3 is 5.97 Å². The van der Waals surface area contributed by atoms with Crippen LogP contribution in [0.25, 0.3) is 6.08 Å². The van der Waals surface area contributed by atoms with Crippen molar-refractivity contribution >= 4 is 23.6 Å². The second-order valence-corrected chi connectivity index (χ2v) is 4.72. The van der Waals surface area contributed by atoms with E-state index in [2.05, 4.69) is 5.32 Å². The molecule has 0 aliphatic rings. The number of carboxylic acid groups (broad SMARTS) is 1. The summed E-state index contributed by atoms with van der Waals surface area (Å²) in [5.74, 6) is -1.88. The number of hydrogen-bond acceptors (Lipinski definition) is 4. The molecule has 0 aliphatic carbocycles. The average molecular weight is 278 g/mol. The molecule has 0 aliphatic heterocycles. The van der Waals surface area contributed by atoms with Crippen LogP contribution in [-0.4, -0.2) is 28.1 Å². The van der Waals surface area contributed by atoms with Crippen molar-refractivity contribution < 1.29 is 19.8 Å². The fourth-order valence-corrected chi connectivity index (χ4v) is 1.59. The van der Waals surface area contributed by atoms with Gasteiger partial charge < -0.3 is 21.3 Å². The number of nitrogens with one attached hydrogen (secondary N) is 1. The Kier molecular flexibility index (Phi) is 5.14. The van der Waals surface area contributed by atoms with E-state index in [0.717, 1.165) is 6.08 Å². The van der Waals surface area contributed by atoms with Crippen LogP contribution in [-0.2, 0) is 9.59 Å². The molecule has 0 bridgehead atoms. The highest BCUT2D eigenvalue weighted by molar-refractivity contribution is 5.94. The lowest BCUT2D eigenvalue weighted by molar-refractivity contribution is -0.142. The Balaban J connectivity index is 2.77. The van der Waals surface area contributed by atoms with E-state index in [1.165, 1.54) is 24.3 Å². The number of aliphatic carboxylic acids is 1. The van der Waals surface area contributed by atoms with Gasteiger partial charge in [0.1, 0.15) is 11.8 Å². The summed E-state index contributed by atoms with van der Waals surface area (Å²) in [5.41, 5.74) is 6.41. The van der Waals surface area contributed by atoms with E-state index in [0.29, 0.717) is 11.3 Å². The van der Waals surface area contributed by atoms with E-state index in [1.54, 1.807) is 13.8 Å². The summed E-state index contributed by atoms with van der Waals surface area (Å²) in [6.07, 6.45) is 2.53. The van der Waals surface area contributed by atoms with E-state index in [1.807, 2.05) is 0 Å². The van der Waals surface area contributed by atoms with Crippen LogP contribution >= 0.6 is 0 Å². The van der Waals surface area contributed by atoms with Crippen LogP contribution in [0.5, 0.6) is 5.75 Å². The quantitative estimate of drug-likeness (QED) is 0.367. The van der Waals surface area contributed by atoms with Crippen LogP contribution in [0.1, 0.15) is 19.4 Å². The molecule has 20 heavy (non-hydrogen) atoms. The molecular formula is C14H18N2O4. The summed E-state index contributed by atoms with van der Waals surface area (Å²) < 4.78 is 0. The number of carbonyl (C=O) groups is 2. The SMILES string of the molecule is CC(C)C(NC(=O)/C=C/c1cc(N)ccc1O)C(=O)O. The number of anilines is 1. The lowest BCUT2D eigenvalue weighted by atomic mass is 10.0. The molecular weight excluding hydrogens is 260 g/mol. The molecule has 0 radical (unpaired) electrons. The van der Waals surface area contributed by atoms with Gasteiger partial charge in [0.25, 0.3) is 0 Å². The first-order valence-corrected chi connectivity index (χ1v) is 6.11. The van der Waals surface area contributed by atoms with Crippen LogP contribution in [0, 0.1) is 5.92 Å². The molecule has 0 saturated heterocycles. The first-order valence-electron chi connectivity index (χ1n) is 6.11. The van der Waals surface area contributed by atoms with E-state index < -0.39 is 17.9 Å². The van der Waals surface area contributed by atoms with Crippen LogP contribution in [0.15, 0.2) is 24.3 Å². The molecule has 6 nitrogen and oxygen atoms in total. The highest BCUT2D eigenvalue weighted by atomic mass is 16.4. The van der Waals surface area contributed by atoms with Gasteiger partial charge in [-0.1, -0.05) is 13.8 Å². The molecule has 0 fully saturated rings. The summed E-state index contributed by atoms with van der Waals surface area (Å²) in [4.78, 5) is 22.6. The molecule has 0 saturated carbocycles. The van der Waals surface area contributed by atoms with Gasteiger partial charge in [0.05, 0.1) is 0 Å². The van der Waals surface area contributed by atoms with Gasteiger partial charge in [-0.05, 0) is 30.2 Å². The summed E-state index contributed by atoms with van der Waals surface area (Å²) in [7, 11) is 0. The highest BCUT2D eigenvalue weighted by Gasteiger charge is 2.22. The van der Waals surface area contributed by atoms with Gasteiger partial charge in [0.15, 0.2) is 0 Å². The maximum atomic E-state index is 11.7. The molecule has 108 valence electrons. The molecule has 1 aromatic carbocycles. The van der Waals surface area contributed by atoms with Crippen molar-refractivity contribution in [2.75, 3.05) is 5.73 Å². The topological polar surface area (TPSA) is 113 Å². The van der Waals surface area contributed by atoms with Crippen LogP contribution in [0.2, 0.25) is 0 Å². The number of phenols is 1. The monoisotopic (exact) mass is 278 g/mol. The Morgan fingerprint density at radius 1 is 1.35 bits per heavy atom. The van der Waals surface area contributed by atoms with Gasteiger partial charge in [0.2, 0.25) is 5.91 Å². The Morgan fingerprint density at radius 2 is 2.00 bits per heavy atom. The van der Waals surface area contributed by atoms with Gasteiger partial charge in [0, 0.05) is 17.3 Å². The molecule has 1 unspecified atom stereocenters. The van der Waals surface area contributed by atoms with Crippen LogP contribution < -0.4 is 11.1 Å². The minimum absolute atomic E-state index is 0.0121. The molecule has 0 spiro atoms. The average Bonchev–Trinajstić information content (AvgIpc) is 2.36. The summed E-state index contributed by atoms with van der Waals surface area (Å²) >= 11 is 0. The largest absolute Gasteiger partial charge is 0.507 e. The third-order valence-electron chi connectivity index (χ3n) is 2.70. The minimum Gasteiger partial charge on any atom is -0.507 e. The normalized spacial score (nSPS) is 12.6. The molecule has 6 heteroatoms. The lowest BCUT2D eigenvalue weighted by Gasteiger charge is -2.16. The molecule has 5 N–H and O–H groups in total. The number of carbonyl (C=O) groups excluding carboxylic acids is 1. The van der Waals surface area contributed by atoms with Gasteiger partial charge in [-0.15, -0.1) is 0 Å². The number of aromatic hydroxyl groups is 1. The number of amides is 1. The number of hydrogen-bond donors (Lipinski definition) is 4. The number of nitrogen functional groups attached to an aromatic ring is 1. The zero-order chi connectivity index (χ0) is 15.3. The fourth-order valence-electron chi connectivity index (χ4n) is 1.59. The summed E-state index contributed by atoms with van der Waals surface area (Å²) in [6.45, 7) is 3.40. The predicted molar refractivity (Wildman–Crippen MR) is 76.0 cm³/mol. The third kappa shape index (κ3) is 4.31. The first kappa shape index (κ1) is 15.6. The summed E-state index contributed by atoms with van der Waals surface area (Å²) in [6, 6.07) is 3.50. The van der Waals surface area contributed by atoms with E-state index >= 15 is 0 Å². The van der Waals surface area contributed by atoms with E-state index in [-0.39, 0.29) is 11.7 Å². The summed E-state index contributed by atoms with van der Waals surface area (Å²) in [5, 5.41) is 20.9. The Morgan fingerprint density at radius 3 is 2.55 bits per heavy atom. The van der Waals surface area contributed by atoms with Crippen molar-refractivity contribution in [2.45, 2.75) is 19.9 Å². The van der Waals surface area contributed by atoms with Gasteiger partial charge in [-0.2, -0.15) is 0 Å².